The third kappa shape index (κ3) is 2.68. The van der Waals surface area contributed by atoms with Gasteiger partial charge < -0.3 is 10.5 Å². The molecule has 2 N–H and O–H groups in total. The molecule has 21 heavy (non-hydrogen) atoms. The van der Waals surface area contributed by atoms with Crippen LogP contribution in [0.5, 0.6) is 5.75 Å². The molecule has 0 unspecified atom stereocenters. The van der Waals surface area contributed by atoms with E-state index in [2.05, 4.69) is 49.4 Å². The number of hydrogen-bond donors (Lipinski definition) is 1. The van der Waals surface area contributed by atoms with E-state index in [1.807, 2.05) is 0 Å². The summed E-state index contributed by atoms with van der Waals surface area (Å²) in [6, 6.07) is 15.1. The lowest BCUT2D eigenvalue weighted by Crippen LogP contribution is -2.33. The highest BCUT2D eigenvalue weighted by atomic mass is 16.5. The maximum absolute atomic E-state index is 6.18. The first-order chi connectivity index (χ1) is 10.2. The zero-order chi connectivity index (χ0) is 14.9. The lowest BCUT2D eigenvalue weighted by atomic mass is 9.78. The van der Waals surface area contributed by atoms with E-state index in [1.54, 1.807) is 7.11 Å². The van der Waals surface area contributed by atoms with Crippen molar-refractivity contribution in [3.8, 4) is 5.75 Å². The van der Waals surface area contributed by atoms with Crippen molar-refractivity contribution in [3.05, 3.63) is 64.7 Å². The van der Waals surface area contributed by atoms with Gasteiger partial charge in [0.25, 0.3) is 0 Å². The monoisotopic (exact) mass is 281 g/mol. The van der Waals surface area contributed by atoms with Crippen LogP contribution in [0.3, 0.4) is 0 Å². The molecule has 2 aromatic rings. The SMILES string of the molecule is COc1ccc(C)cc1CC1(CN)Cc2ccccc2C1. The van der Waals surface area contributed by atoms with Crippen LogP contribution in [-0.2, 0) is 19.3 Å². The molecule has 0 aromatic heterocycles. The lowest BCUT2D eigenvalue weighted by molar-refractivity contribution is 0.307. The number of benzene rings is 2. The molecule has 0 radical (unpaired) electrons. The van der Waals surface area contributed by atoms with Crippen molar-refractivity contribution in [2.24, 2.45) is 11.1 Å². The van der Waals surface area contributed by atoms with Gasteiger partial charge in [0, 0.05) is 0 Å². The minimum atomic E-state index is 0.130. The predicted octanol–water partition coefficient (Wildman–Crippen LogP) is 3.29. The summed E-state index contributed by atoms with van der Waals surface area (Å²) in [5, 5.41) is 0. The van der Waals surface area contributed by atoms with Crippen LogP contribution in [0, 0.1) is 12.3 Å². The van der Waals surface area contributed by atoms with E-state index in [1.165, 1.54) is 22.3 Å². The summed E-state index contributed by atoms with van der Waals surface area (Å²) < 4.78 is 5.54. The van der Waals surface area contributed by atoms with Gasteiger partial charge in [-0.15, -0.1) is 0 Å². The third-order valence-electron chi connectivity index (χ3n) is 4.68. The van der Waals surface area contributed by atoms with E-state index >= 15 is 0 Å². The molecule has 3 rings (SSSR count). The number of nitrogens with two attached hydrogens (primary N) is 1. The zero-order valence-corrected chi connectivity index (χ0v) is 12.9. The van der Waals surface area contributed by atoms with Crippen LogP contribution in [-0.4, -0.2) is 13.7 Å². The first-order valence-corrected chi connectivity index (χ1v) is 7.56. The van der Waals surface area contributed by atoms with Crippen LogP contribution >= 0.6 is 0 Å². The molecule has 0 bridgehead atoms. The summed E-state index contributed by atoms with van der Waals surface area (Å²) in [5.41, 5.74) is 11.8. The Morgan fingerprint density at radius 1 is 1.10 bits per heavy atom. The van der Waals surface area contributed by atoms with Gasteiger partial charge in [-0.05, 0) is 60.9 Å². The van der Waals surface area contributed by atoms with Crippen molar-refractivity contribution in [2.75, 3.05) is 13.7 Å². The van der Waals surface area contributed by atoms with Crippen molar-refractivity contribution in [3.63, 3.8) is 0 Å². The standard InChI is InChI=1S/C19H23NO/c1-14-7-8-18(21-2)17(9-14)12-19(13-20)10-15-5-3-4-6-16(15)11-19/h3-9H,10-13,20H2,1-2H3. The van der Waals surface area contributed by atoms with E-state index in [-0.39, 0.29) is 5.41 Å². The summed E-state index contributed by atoms with van der Waals surface area (Å²) in [5.74, 6) is 0.976. The molecule has 2 aromatic carbocycles. The average Bonchev–Trinajstić information content (AvgIpc) is 2.86. The van der Waals surface area contributed by atoms with Crippen LogP contribution in [0.1, 0.15) is 22.3 Å². The number of hydrogen-bond acceptors (Lipinski definition) is 2. The number of ether oxygens (including phenoxy) is 1. The Hall–Kier alpha value is -1.80. The van der Waals surface area contributed by atoms with E-state index in [9.17, 15) is 0 Å². The number of rotatable bonds is 4. The number of methoxy groups -OCH3 is 1. The molecule has 0 saturated carbocycles. The van der Waals surface area contributed by atoms with Crippen LogP contribution < -0.4 is 10.5 Å². The quantitative estimate of drug-likeness (QED) is 0.933. The molecule has 2 nitrogen and oxygen atoms in total. The van der Waals surface area contributed by atoms with Gasteiger partial charge in [0.15, 0.2) is 0 Å². The molecule has 0 aliphatic heterocycles. The summed E-state index contributed by atoms with van der Waals surface area (Å²) in [6.45, 7) is 2.83. The lowest BCUT2D eigenvalue weighted by Gasteiger charge is -2.28. The average molecular weight is 281 g/mol. The molecule has 0 fully saturated rings. The Bertz CT molecular complexity index is 623. The summed E-state index contributed by atoms with van der Waals surface area (Å²) in [7, 11) is 1.74. The second-order valence-electron chi connectivity index (χ2n) is 6.32. The van der Waals surface area contributed by atoms with Gasteiger partial charge in [-0.25, -0.2) is 0 Å². The highest BCUT2D eigenvalue weighted by molar-refractivity contribution is 5.40. The van der Waals surface area contributed by atoms with Gasteiger partial charge in [-0.2, -0.15) is 0 Å². The van der Waals surface area contributed by atoms with E-state index in [0.29, 0.717) is 6.54 Å². The second-order valence-corrected chi connectivity index (χ2v) is 6.32. The van der Waals surface area contributed by atoms with Crippen molar-refractivity contribution in [1.29, 1.82) is 0 Å². The molecule has 110 valence electrons. The highest BCUT2D eigenvalue weighted by Gasteiger charge is 2.36. The van der Waals surface area contributed by atoms with Gasteiger partial charge in [0.2, 0.25) is 0 Å². The zero-order valence-electron chi connectivity index (χ0n) is 12.9. The minimum Gasteiger partial charge on any atom is -0.496 e. The molecule has 1 aliphatic rings. The van der Waals surface area contributed by atoms with Gasteiger partial charge in [-0.1, -0.05) is 42.0 Å². The van der Waals surface area contributed by atoms with Crippen LogP contribution in [0.4, 0.5) is 0 Å². The fourth-order valence-electron chi connectivity index (χ4n) is 3.56. The molecule has 0 heterocycles. The first-order valence-electron chi connectivity index (χ1n) is 7.56. The molecule has 0 atom stereocenters. The van der Waals surface area contributed by atoms with Crippen molar-refractivity contribution >= 4 is 0 Å². The Morgan fingerprint density at radius 3 is 2.33 bits per heavy atom. The van der Waals surface area contributed by atoms with Crippen molar-refractivity contribution in [2.45, 2.75) is 26.2 Å². The Balaban J connectivity index is 1.92. The molecule has 2 heteroatoms. The maximum atomic E-state index is 6.18. The largest absolute Gasteiger partial charge is 0.496 e. The van der Waals surface area contributed by atoms with Crippen LogP contribution in [0.25, 0.3) is 0 Å². The maximum Gasteiger partial charge on any atom is 0.122 e. The van der Waals surface area contributed by atoms with Crippen LogP contribution in [0.2, 0.25) is 0 Å². The van der Waals surface area contributed by atoms with Crippen molar-refractivity contribution in [1.82, 2.24) is 0 Å². The number of aryl methyl sites for hydroxylation is 1. The fourth-order valence-corrected chi connectivity index (χ4v) is 3.56. The minimum absolute atomic E-state index is 0.130. The Morgan fingerprint density at radius 2 is 1.76 bits per heavy atom. The molecule has 0 spiro atoms. The Kier molecular flexibility index (Phi) is 3.73. The third-order valence-corrected chi connectivity index (χ3v) is 4.68. The van der Waals surface area contributed by atoms with Gasteiger partial charge in [0.05, 0.1) is 7.11 Å². The topological polar surface area (TPSA) is 35.2 Å². The first kappa shape index (κ1) is 14.2. The van der Waals surface area contributed by atoms with E-state index in [4.69, 9.17) is 10.5 Å². The van der Waals surface area contributed by atoms with Gasteiger partial charge >= 0.3 is 0 Å². The van der Waals surface area contributed by atoms with E-state index < -0.39 is 0 Å². The fraction of sp³-hybridized carbons (Fsp3) is 0.368. The highest BCUT2D eigenvalue weighted by Crippen LogP contribution is 2.40. The van der Waals surface area contributed by atoms with E-state index in [0.717, 1.165) is 25.0 Å². The molecule has 1 aliphatic carbocycles. The molecular weight excluding hydrogens is 258 g/mol. The summed E-state index contributed by atoms with van der Waals surface area (Å²) in [4.78, 5) is 0. The molecule has 0 amide bonds. The Labute approximate surface area is 126 Å². The number of fused-ring (bicyclic) bond motifs is 1. The van der Waals surface area contributed by atoms with Gasteiger partial charge in [-0.3, -0.25) is 0 Å². The predicted molar refractivity (Wildman–Crippen MR) is 86.8 cm³/mol. The molecular formula is C19H23NO. The normalized spacial score (nSPS) is 15.8. The van der Waals surface area contributed by atoms with Crippen LogP contribution in [0.15, 0.2) is 42.5 Å². The molecule has 0 saturated heterocycles. The van der Waals surface area contributed by atoms with Crippen molar-refractivity contribution < 1.29 is 4.74 Å². The van der Waals surface area contributed by atoms with Gasteiger partial charge in [0.1, 0.15) is 5.75 Å². The second kappa shape index (κ2) is 5.53. The summed E-state index contributed by atoms with van der Waals surface area (Å²) >= 11 is 0. The smallest absolute Gasteiger partial charge is 0.122 e. The summed E-state index contributed by atoms with van der Waals surface area (Å²) in [6.07, 6.45) is 3.11.